The highest BCUT2D eigenvalue weighted by atomic mass is 32.2. The van der Waals surface area contributed by atoms with Crippen LogP contribution in [0.25, 0.3) is 10.2 Å². The normalized spacial score (nSPS) is 23.1. The summed E-state index contributed by atoms with van der Waals surface area (Å²) in [4.78, 5) is 11.7. The van der Waals surface area contributed by atoms with E-state index in [-0.39, 0.29) is 0 Å². The Labute approximate surface area is 128 Å². The zero-order valence-corrected chi connectivity index (χ0v) is 13.9. The lowest BCUT2D eigenvalue weighted by Gasteiger charge is -2.26. The number of hydrogen-bond acceptors (Lipinski definition) is 5. The zero-order chi connectivity index (χ0) is 14.1. The fourth-order valence-corrected chi connectivity index (χ4v) is 5.25. The molecule has 2 aromatic heterocycles. The second kappa shape index (κ2) is 5.90. The summed E-state index contributed by atoms with van der Waals surface area (Å²) in [5.74, 6) is 1.59. The van der Waals surface area contributed by atoms with Gasteiger partial charge in [0.05, 0.1) is 0 Å². The molecule has 0 aliphatic heterocycles. The molecule has 3 nitrogen and oxygen atoms in total. The van der Waals surface area contributed by atoms with Crippen molar-refractivity contribution in [3.63, 3.8) is 0 Å². The van der Waals surface area contributed by atoms with E-state index >= 15 is 0 Å². The predicted molar refractivity (Wildman–Crippen MR) is 89.0 cm³/mol. The van der Waals surface area contributed by atoms with Crippen LogP contribution in [0.4, 0.5) is 5.95 Å². The van der Waals surface area contributed by atoms with E-state index in [2.05, 4.69) is 30.2 Å². The van der Waals surface area contributed by atoms with Crippen molar-refractivity contribution in [1.29, 1.82) is 0 Å². The molecule has 1 N–H and O–H groups in total. The van der Waals surface area contributed by atoms with Gasteiger partial charge in [0.1, 0.15) is 9.86 Å². The summed E-state index contributed by atoms with van der Waals surface area (Å²) in [5, 5.41) is 6.18. The average Bonchev–Trinajstić information content (AvgIpc) is 2.79. The lowest BCUT2D eigenvalue weighted by Crippen LogP contribution is -2.15. The SMILES string of the molecule is CNc1nc(SC2CCCC(C)C2)c2cc(C)sc2n1. The number of thiophene rings is 1. The third-order valence-electron chi connectivity index (χ3n) is 3.87. The van der Waals surface area contributed by atoms with Crippen LogP contribution in [0.5, 0.6) is 0 Å². The summed E-state index contributed by atoms with van der Waals surface area (Å²) in [5.41, 5.74) is 0. The van der Waals surface area contributed by atoms with Crippen molar-refractivity contribution in [1.82, 2.24) is 9.97 Å². The van der Waals surface area contributed by atoms with Crippen LogP contribution in [-0.2, 0) is 0 Å². The van der Waals surface area contributed by atoms with Gasteiger partial charge in [0.15, 0.2) is 0 Å². The standard InChI is InChI=1S/C15H21N3S2/c1-9-5-4-6-11(7-9)20-14-12-8-10(2)19-13(12)17-15(16-3)18-14/h8-9,11H,4-7H2,1-3H3,(H,16,17,18). The van der Waals surface area contributed by atoms with Gasteiger partial charge in [0.25, 0.3) is 0 Å². The number of aromatic nitrogens is 2. The molecule has 0 saturated heterocycles. The van der Waals surface area contributed by atoms with Gasteiger partial charge in [-0.2, -0.15) is 0 Å². The highest BCUT2D eigenvalue weighted by Crippen LogP contribution is 2.39. The number of thioether (sulfide) groups is 1. The van der Waals surface area contributed by atoms with Crippen molar-refractivity contribution in [2.45, 2.75) is 49.8 Å². The van der Waals surface area contributed by atoms with Gasteiger partial charge in [-0.1, -0.05) is 19.8 Å². The van der Waals surface area contributed by atoms with Gasteiger partial charge < -0.3 is 5.32 Å². The first-order valence-electron chi connectivity index (χ1n) is 7.28. The number of anilines is 1. The lowest BCUT2D eigenvalue weighted by molar-refractivity contribution is 0.394. The summed E-state index contributed by atoms with van der Waals surface area (Å²) in [6.07, 6.45) is 5.37. The largest absolute Gasteiger partial charge is 0.357 e. The monoisotopic (exact) mass is 307 g/mol. The Bertz CT molecular complexity index is 608. The van der Waals surface area contributed by atoms with Crippen LogP contribution < -0.4 is 5.32 Å². The van der Waals surface area contributed by atoms with Crippen LogP contribution in [0.2, 0.25) is 0 Å². The Kier molecular flexibility index (Phi) is 4.17. The molecule has 5 heteroatoms. The molecule has 0 aromatic carbocycles. The molecule has 0 spiro atoms. The highest BCUT2D eigenvalue weighted by molar-refractivity contribution is 8.00. The second-order valence-corrected chi connectivity index (χ2v) is 8.21. The summed E-state index contributed by atoms with van der Waals surface area (Å²) in [6.45, 7) is 4.51. The van der Waals surface area contributed by atoms with Gasteiger partial charge in [-0.05, 0) is 31.7 Å². The first kappa shape index (κ1) is 14.1. The van der Waals surface area contributed by atoms with Crippen molar-refractivity contribution in [3.8, 4) is 0 Å². The first-order valence-corrected chi connectivity index (χ1v) is 8.98. The van der Waals surface area contributed by atoms with Crippen molar-refractivity contribution in [2.75, 3.05) is 12.4 Å². The average molecular weight is 307 g/mol. The first-order chi connectivity index (χ1) is 9.65. The van der Waals surface area contributed by atoms with Crippen LogP contribution in [0.15, 0.2) is 11.1 Å². The Hall–Kier alpha value is -0.810. The Morgan fingerprint density at radius 1 is 1.35 bits per heavy atom. The fraction of sp³-hybridized carbons (Fsp3) is 0.600. The molecule has 1 aliphatic rings. The Balaban J connectivity index is 1.92. The number of rotatable bonds is 3. The van der Waals surface area contributed by atoms with Gasteiger partial charge in [-0.15, -0.1) is 23.1 Å². The molecule has 20 heavy (non-hydrogen) atoms. The molecule has 0 bridgehead atoms. The molecule has 2 heterocycles. The van der Waals surface area contributed by atoms with Gasteiger partial charge in [-0.25, -0.2) is 9.97 Å². The van der Waals surface area contributed by atoms with E-state index in [9.17, 15) is 0 Å². The topological polar surface area (TPSA) is 37.8 Å². The maximum atomic E-state index is 4.70. The molecule has 0 radical (unpaired) electrons. The van der Waals surface area contributed by atoms with Crippen LogP contribution in [0.3, 0.4) is 0 Å². The molecule has 1 fully saturated rings. The summed E-state index contributed by atoms with van der Waals surface area (Å²) in [6, 6.07) is 2.23. The third-order valence-corrected chi connectivity index (χ3v) is 6.11. The molecule has 3 rings (SSSR count). The molecular formula is C15H21N3S2. The number of nitrogens with zero attached hydrogens (tertiary/aromatic N) is 2. The fourth-order valence-electron chi connectivity index (χ4n) is 2.86. The molecule has 2 atom stereocenters. The highest BCUT2D eigenvalue weighted by Gasteiger charge is 2.22. The summed E-state index contributed by atoms with van der Waals surface area (Å²) in [7, 11) is 1.89. The Morgan fingerprint density at radius 2 is 2.20 bits per heavy atom. The molecular weight excluding hydrogens is 286 g/mol. The van der Waals surface area contributed by atoms with E-state index in [1.54, 1.807) is 11.3 Å². The summed E-state index contributed by atoms with van der Waals surface area (Å²) >= 11 is 3.71. The minimum atomic E-state index is 0.710. The molecule has 2 aromatic rings. The van der Waals surface area contributed by atoms with Crippen molar-refractivity contribution in [2.24, 2.45) is 5.92 Å². The molecule has 2 unspecified atom stereocenters. The number of nitrogens with one attached hydrogen (secondary N) is 1. The maximum absolute atomic E-state index is 4.70. The quantitative estimate of drug-likeness (QED) is 0.833. The molecule has 1 saturated carbocycles. The van der Waals surface area contributed by atoms with Crippen LogP contribution in [0, 0.1) is 12.8 Å². The maximum Gasteiger partial charge on any atom is 0.224 e. The number of hydrogen-bond donors (Lipinski definition) is 1. The van der Waals surface area contributed by atoms with E-state index in [1.807, 2.05) is 18.8 Å². The molecule has 108 valence electrons. The van der Waals surface area contributed by atoms with Gasteiger partial charge >= 0.3 is 0 Å². The Morgan fingerprint density at radius 3 is 2.95 bits per heavy atom. The van der Waals surface area contributed by atoms with Crippen molar-refractivity contribution in [3.05, 3.63) is 10.9 Å². The van der Waals surface area contributed by atoms with Crippen molar-refractivity contribution >= 4 is 39.3 Å². The van der Waals surface area contributed by atoms with E-state index in [1.165, 1.54) is 35.9 Å². The molecule has 0 amide bonds. The lowest BCUT2D eigenvalue weighted by atomic mass is 9.91. The number of aryl methyl sites for hydroxylation is 1. The van der Waals surface area contributed by atoms with Crippen LogP contribution in [0.1, 0.15) is 37.5 Å². The van der Waals surface area contributed by atoms with E-state index in [0.29, 0.717) is 5.25 Å². The minimum Gasteiger partial charge on any atom is -0.357 e. The van der Waals surface area contributed by atoms with Gasteiger partial charge in [0, 0.05) is 22.6 Å². The van der Waals surface area contributed by atoms with E-state index in [4.69, 9.17) is 4.98 Å². The third kappa shape index (κ3) is 2.93. The number of fused-ring (bicyclic) bond motifs is 1. The summed E-state index contributed by atoms with van der Waals surface area (Å²) < 4.78 is 0. The zero-order valence-electron chi connectivity index (χ0n) is 12.3. The van der Waals surface area contributed by atoms with Crippen molar-refractivity contribution < 1.29 is 0 Å². The second-order valence-electron chi connectivity index (χ2n) is 5.69. The van der Waals surface area contributed by atoms with Gasteiger partial charge in [0.2, 0.25) is 5.95 Å². The van der Waals surface area contributed by atoms with E-state index < -0.39 is 0 Å². The molecule has 1 aliphatic carbocycles. The predicted octanol–water partition coefficient (Wildman–Crippen LogP) is 4.71. The van der Waals surface area contributed by atoms with E-state index in [0.717, 1.165) is 21.7 Å². The minimum absolute atomic E-state index is 0.710. The smallest absolute Gasteiger partial charge is 0.224 e. The van der Waals surface area contributed by atoms with Gasteiger partial charge in [-0.3, -0.25) is 0 Å². The van der Waals surface area contributed by atoms with Crippen LogP contribution in [-0.4, -0.2) is 22.3 Å². The van der Waals surface area contributed by atoms with Crippen LogP contribution >= 0.6 is 23.1 Å².